The Labute approximate surface area is 96.2 Å². The largest absolute Gasteiger partial charge is 0.504 e. The van der Waals surface area contributed by atoms with E-state index in [1.54, 1.807) is 13.2 Å². The molecule has 1 aromatic carbocycles. The summed E-state index contributed by atoms with van der Waals surface area (Å²) in [5.74, 6) is 0.724. The van der Waals surface area contributed by atoms with Gasteiger partial charge in [0.2, 0.25) is 0 Å². The number of nitrogens with two attached hydrogens (primary N) is 1. The van der Waals surface area contributed by atoms with Gasteiger partial charge in [-0.05, 0) is 18.9 Å². The Morgan fingerprint density at radius 1 is 1.38 bits per heavy atom. The van der Waals surface area contributed by atoms with Crippen LogP contribution in [-0.4, -0.2) is 17.8 Å². The second-order valence-corrected chi connectivity index (χ2v) is 5.14. The molecule has 3 heteroatoms. The summed E-state index contributed by atoms with van der Waals surface area (Å²) in [6.45, 7) is 4.16. The predicted octanol–water partition coefficient (Wildman–Crippen LogP) is 2.17. The van der Waals surface area contributed by atoms with Crippen LogP contribution in [0.2, 0.25) is 0 Å². The van der Waals surface area contributed by atoms with Gasteiger partial charge in [-0.25, -0.2) is 0 Å². The second-order valence-electron chi connectivity index (χ2n) is 5.14. The Hall–Kier alpha value is -1.22. The zero-order valence-corrected chi connectivity index (χ0v) is 10.1. The summed E-state index contributed by atoms with van der Waals surface area (Å²) in [5, 5.41) is 10.1. The smallest absolute Gasteiger partial charge is 0.161 e. The van der Waals surface area contributed by atoms with Crippen LogP contribution in [-0.2, 0) is 5.41 Å². The summed E-state index contributed by atoms with van der Waals surface area (Å²) in [6, 6.07) is 5.57. The van der Waals surface area contributed by atoms with Crippen molar-refractivity contribution in [2.75, 3.05) is 7.11 Å². The number of phenolic OH excluding ortho intramolecular Hbond substituents is 1. The lowest BCUT2D eigenvalue weighted by Gasteiger charge is -2.33. The fourth-order valence-corrected chi connectivity index (χ4v) is 2.22. The molecule has 0 unspecified atom stereocenters. The summed E-state index contributed by atoms with van der Waals surface area (Å²) in [4.78, 5) is 0. The number of hydrogen-bond acceptors (Lipinski definition) is 3. The quantitative estimate of drug-likeness (QED) is 0.822. The van der Waals surface area contributed by atoms with Crippen molar-refractivity contribution >= 4 is 0 Å². The molecule has 0 amide bonds. The maximum absolute atomic E-state index is 10.1. The minimum Gasteiger partial charge on any atom is -0.504 e. The molecule has 0 heterocycles. The maximum Gasteiger partial charge on any atom is 0.161 e. The highest BCUT2D eigenvalue weighted by molar-refractivity contribution is 5.50. The van der Waals surface area contributed by atoms with E-state index in [0.29, 0.717) is 5.75 Å². The van der Waals surface area contributed by atoms with E-state index in [2.05, 4.69) is 13.8 Å². The Morgan fingerprint density at radius 2 is 2.00 bits per heavy atom. The molecule has 3 N–H and O–H groups in total. The number of phenols is 1. The molecule has 1 aliphatic carbocycles. The van der Waals surface area contributed by atoms with Crippen molar-refractivity contribution in [3.8, 4) is 11.5 Å². The lowest BCUT2D eigenvalue weighted by atomic mass is 9.75. The molecule has 88 valence electrons. The van der Waals surface area contributed by atoms with E-state index < -0.39 is 0 Å². The number of benzene rings is 1. The van der Waals surface area contributed by atoms with Crippen molar-refractivity contribution in [3.63, 3.8) is 0 Å². The van der Waals surface area contributed by atoms with Crippen molar-refractivity contribution in [3.05, 3.63) is 23.8 Å². The molecule has 1 saturated carbocycles. The van der Waals surface area contributed by atoms with Crippen molar-refractivity contribution in [2.24, 2.45) is 5.73 Å². The normalized spacial score (nSPS) is 18.2. The van der Waals surface area contributed by atoms with Gasteiger partial charge in [0, 0.05) is 16.5 Å². The number of aromatic hydroxyl groups is 1. The van der Waals surface area contributed by atoms with Crippen LogP contribution >= 0.6 is 0 Å². The van der Waals surface area contributed by atoms with Gasteiger partial charge in [-0.3, -0.25) is 0 Å². The van der Waals surface area contributed by atoms with E-state index in [9.17, 15) is 5.11 Å². The zero-order valence-electron chi connectivity index (χ0n) is 10.1. The van der Waals surface area contributed by atoms with Crippen LogP contribution in [0.15, 0.2) is 18.2 Å². The van der Waals surface area contributed by atoms with Gasteiger partial charge in [-0.1, -0.05) is 26.0 Å². The molecular formula is C13H19NO2. The lowest BCUT2D eigenvalue weighted by Crippen LogP contribution is -2.43. The van der Waals surface area contributed by atoms with Crippen LogP contribution in [0.1, 0.15) is 32.3 Å². The monoisotopic (exact) mass is 221 g/mol. The first kappa shape index (κ1) is 11.3. The minimum absolute atomic E-state index is 0.184. The number of ether oxygens (including phenoxy) is 1. The van der Waals surface area contributed by atoms with Gasteiger partial charge in [-0.2, -0.15) is 0 Å². The second kappa shape index (κ2) is 3.39. The molecule has 1 aliphatic rings. The lowest BCUT2D eigenvalue weighted by molar-refractivity contribution is 0.341. The SMILES string of the molecule is COc1cccc(C(C)(C)C2(N)CC2)c1O. The Balaban J connectivity index is 2.48. The molecule has 0 bridgehead atoms. The van der Waals surface area contributed by atoms with Gasteiger partial charge in [0.05, 0.1) is 7.11 Å². The number of rotatable bonds is 3. The van der Waals surface area contributed by atoms with E-state index in [4.69, 9.17) is 10.5 Å². The molecule has 0 aromatic heterocycles. The molecule has 1 aromatic rings. The van der Waals surface area contributed by atoms with Gasteiger partial charge >= 0.3 is 0 Å². The average Bonchev–Trinajstić information content (AvgIpc) is 2.98. The summed E-state index contributed by atoms with van der Waals surface area (Å²) in [5.41, 5.74) is 6.72. The highest BCUT2D eigenvalue weighted by Crippen LogP contribution is 2.52. The van der Waals surface area contributed by atoms with Crippen LogP contribution in [0.25, 0.3) is 0 Å². The van der Waals surface area contributed by atoms with Crippen LogP contribution in [0.5, 0.6) is 11.5 Å². The first-order chi connectivity index (χ1) is 7.42. The maximum atomic E-state index is 10.1. The summed E-state index contributed by atoms with van der Waals surface area (Å²) in [7, 11) is 1.56. The highest BCUT2D eigenvalue weighted by Gasteiger charge is 2.52. The summed E-state index contributed by atoms with van der Waals surface area (Å²) >= 11 is 0. The van der Waals surface area contributed by atoms with E-state index in [0.717, 1.165) is 18.4 Å². The van der Waals surface area contributed by atoms with E-state index in [-0.39, 0.29) is 16.7 Å². The van der Waals surface area contributed by atoms with E-state index in [1.807, 2.05) is 12.1 Å². The summed E-state index contributed by atoms with van der Waals surface area (Å²) < 4.78 is 5.12. The zero-order chi connectivity index (χ0) is 12.0. The van der Waals surface area contributed by atoms with Crippen molar-refractivity contribution in [1.82, 2.24) is 0 Å². The van der Waals surface area contributed by atoms with Gasteiger partial charge in [-0.15, -0.1) is 0 Å². The van der Waals surface area contributed by atoms with Crippen molar-refractivity contribution in [2.45, 2.75) is 37.6 Å². The van der Waals surface area contributed by atoms with Gasteiger partial charge < -0.3 is 15.6 Å². The molecule has 0 saturated heterocycles. The Bertz CT molecular complexity index is 408. The molecule has 1 fully saturated rings. The topological polar surface area (TPSA) is 55.5 Å². The average molecular weight is 221 g/mol. The number of hydrogen-bond donors (Lipinski definition) is 2. The van der Waals surface area contributed by atoms with Crippen molar-refractivity contribution in [1.29, 1.82) is 0 Å². The molecule has 2 rings (SSSR count). The van der Waals surface area contributed by atoms with Crippen LogP contribution in [0, 0.1) is 0 Å². The van der Waals surface area contributed by atoms with Crippen molar-refractivity contribution < 1.29 is 9.84 Å². The third kappa shape index (κ3) is 1.47. The molecule has 0 spiro atoms. The third-order valence-corrected chi connectivity index (χ3v) is 3.93. The van der Waals surface area contributed by atoms with Crippen LogP contribution in [0.3, 0.4) is 0 Å². The number of methoxy groups -OCH3 is 1. The molecule has 0 atom stereocenters. The van der Waals surface area contributed by atoms with Gasteiger partial charge in [0.25, 0.3) is 0 Å². The fraction of sp³-hybridized carbons (Fsp3) is 0.538. The Kier molecular flexibility index (Phi) is 2.39. The molecular weight excluding hydrogens is 202 g/mol. The molecule has 0 aliphatic heterocycles. The van der Waals surface area contributed by atoms with E-state index >= 15 is 0 Å². The Morgan fingerprint density at radius 3 is 2.50 bits per heavy atom. The highest BCUT2D eigenvalue weighted by atomic mass is 16.5. The summed E-state index contributed by atoms with van der Waals surface area (Å²) in [6.07, 6.45) is 2.02. The first-order valence-corrected chi connectivity index (χ1v) is 5.58. The molecule has 16 heavy (non-hydrogen) atoms. The first-order valence-electron chi connectivity index (χ1n) is 5.58. The standard InChI is InChI=1S/C13H19NO2/c1-12(2,13(14)7-8-13)9-5-4-6-10(16-3)11(9)15/h4-6,15H,7-8,14H2,1-3H3. The molecule has 0 radical (unpaired) electrons. The fourth-order valence-electron chi connectivity index (χ4n) is 2.22. The van der Waals surface area contributed by atoms with Crippen LogP contribution in [0.4, 0.5) is 0 Å². The third-order valence-electron chi connectivity index (χ3n) is 3.93. The molecule has 3 nitrogen and oxygen atoms in total. The van der Waals surface area contributed by atoms with Crippen LogP contribution < -0.4 is 10.5 Å². The van der Waals surface area contributed by atoms with Gasteiger partial charge in [0.1, 0.15) is 0 Å². The van der Waals surface area contributed by atoms with E-state index in [1.165, 1.54) is 0 Å². The number of para-hydroxylation sites is 1. The predicted molar refractivity (Wildman–Crippen MR) is 63.8 cm³/mol. The minimum atomic E-state index is -0.231. The van der Waals surface area contributed by atoms with Gasteiger partial charge in [0.15, 0.2) is 11.5 Å².